The molecule has 2 nitrogen and oxygen atoms in total. The van der Waals surface area contributed by atoms with Gasteiger partial charge in [0.1, 0.15) is 11.9 Å². The van der Waals surface area contributed by atoms with Crippen molar-refractivity contribution < 1.29 is 13.9 Å². The molecule has 5 heteroatoms. The first-order valence-corrected chi connectivity index (χ1v) is 5.62. The summed E-state index contributed by atoms with van der Waals surface area (Å²) in [5, 5.41) is 9.97. The Morgan fingerprint density at radius 2 is 2.12 bits per heavy atom. The lowest BCUT2D eigenvalue weighted by atomic mass is 10.1. The monoisotopic (exact) mass is 304 g/mol. The van der Waals surface area contributed by atoms with E-state index in [1.165, 1.54) is 18.4 Å². The zero-order valence-corrected chi connectivity index (χ0v) is 10.3. The summed E-state index contributed by atoms with van der Waals surface area (Å²) < 4.78 is 18.9. The minimum Gasteiger partial charge on any atom is -0.465 e. The molecule has 2 rings (SSSR count). The van der Waals surface area contributed by atoms with E-state index >= 15 is 0 Å². The first-order valence-electron chi connectivity index (χ1n) is 4.45. The van der Waals surface area contributed by atoms with Crippen LogP contribution in [0.2, 0.25) is 5.02 Å². The van der Waals surface area contributed by atoms with Gasteiger partial charge < -0.3 is 9.52 Å². The lowest BCUT2D eigenvalue weighted by Crippen LogP contribution is -1.99. The average Bonchev–Trinajstić information content (AvgIpc) is 2.67. The van der Waals surface area contributed by atoms with Gasteiger partial charge in [0.2, 0.25) is 0 Å². The van der Waals surface area contributed by atoms with Gasteiger partial charge in [-0.1, -0.05) is 17.7 Å². The molecule has 1 atom stereocenters. The van der Waals surface area contributed by atoms with Gasteiger partial charge in [0.25, 0.3) is 0 Å². The highest BCUT2D eigenvalue weighted by Crippen LogP contribution is 2.30. The van der Waals surface area contributed by atoms with Gasteiger partial charge in [-0.3, -0.25) is 0 Å². The molecule has 1 N–H and O–H groups in total. The molecule has 0 radical (unpaired) electrons. The molecular formula is C11H7BrClFO2. The molecule has 0 bridgehead atoms. The quantitative estimate of drug-likeness (QED) is 0.912. The van der Waals surface area contributed by atoms with Crippen LogP contribution in [0.5, 0.6) is 0 Å². The van der Waals surface area contributed by atoms with Crippen LogP contribution in [0.3, 0.4) is 0 Å². The molecule has 84 valence electrons. The van der Waals surface area contributed by atoms with E-state index in [0.29, 0.717) is 15.8 Å². The van der Waals surface area contributed by atoms with E-state index in [9.17, 15) is 9.50 Å². The second-order valence-electron chi connectivity index (χ2n) is 3.21. The van der Waals surface area contributed by atoms with Crippen molar-refractivity contribution in [2.45, 2.75) is 6.10 Å². The Bertz CT molecular complexity index is 512. The fourth-order valence-electron chi connectivity index (χ4n) is 1.33. The van der Waals surface area contributed by atoms with Gasteiger partial charge in [0, 0.05) is 0 Å². The van der Waals surface area contributed by atoms with Crippen LogP contribution in [0.15, 0.2) is 39.4 Å². The van der Waals surface area contributed by atoms with Crippen LogP contribution in [-0.2, 0) is 0 Å². The molecule has 0 saturated carbocycles. The van der Waals surface area contributed by atoms with Crippen molar-refractivity contribution in [3.63, 3.8) is 0 Å². The Balaban J connectivity index is 2.38. The Labute approximate surface area is 105 Å². The maximum absolute atomic E-state index is 13.2. The predicted octanol–water partition coefficient (Wildman–Crippen LogP) is 3.92. The molecule has 0 fully saturated rings. The Hall–Kier alpha value is -0.840. The third-order valence-corrected chi connectivity index (χ3v) is 3.11. The zero-order valence-electron chi connectivity index (χ0n) is 7.95. The fourth-order valence-corrected chi connectivity index (χ4v) is 1.87. The summed E-state index contributed by atoms with van der Waals surface area (Å²) in [6, 6.07) is 5.78. The third kappa shape index (κ3) is 2.14. The Morgan fingerprint density at radius 1 is 1.38 bits per heavy atom. The minimum absolute atomic E-state index is 0.0226. The molecule has 2 aromatic rings. The number of benzene rings is 1. The molecule has 1 heterocycles. The summed E-state index contributed by atoms with van der Waals surface area (Å²) in [5.41, 5.74) is 0.387. The molecule has 0 aliphatic carbocycles. The van der Waals surface area contributed by atoms with Crippen molar-refractivity contribution in [3.05, 3.63) is 57.2 Å². The molecular weight excluding hydrogens is 298 g/mol. The highest BCUT2D eigenvalue weighted by atomic mass is 79.9. The number of hydrogen-bond donors (Lipinski definition) is 1. The molecule has 0 spiro atoms. The van der Waals surface area contributed by atoms with Crippen LogP contribution in [0, 0.1) is 5.82 Å². The van der Waals surface area contributed by atoms with Gasteiger partial charge in [-0.05, 0) is 39.7 Å². The van der Waals surface area contributed by atoms with Gasteiger partial charge in [0.15, 0.2) is 5.76 Å². The van der Waals surface area contributed by atoms with E-state index in [1.807, 2.05) is 0 Å². The van der Waals surface area contributed by atoms with Crippen LogP contribution in [0.4, 0.5) is 4.39 Å². The number of aliphatic hydroxyl groups excluding tert-OH is 1. The molecule has 16 heavy (non-hydrogen) atoms. The van der Waals surface area contributed by atoms with Crippen molar-refractivity contribution in [1.82, 2.24) is 0 Å². The van der Waals surface area contributed by atoms with Crippen molar-refractivity contribution >= 4 is 27.5 Å². The SMILES string of the molecule is OC(c1ccc(Cl)c(F)c1)c1occc1Br. The summed E-state index contributed by atoms with van der Waals surface area (Å²) in [4.78, 5) is 0. The molecule has 0 saturated heterocycles. The van der Waals surface area contributed by atoms with Gasteiger partial charge in [-0.15, -0.1) is 0 Å². The van der Waals surface area contributed by atoms with Gasteiger partial charge in [-0.2, -0.15) is 0 Å². The van der Waals surface area contributed by atoms with Crippen molar-refractivity contribution in [2.24, 2.45) is 0 Å². The number of furan rings is 1. The van der Waals surface area contributed by atoms with Crippen LogP contribution < -0.4 is 0 Å². The number of halogens is 3. The topological polar surface area (TPSA) is 33.4 Å². The van der Waals surface area contributed by atoms with Crippen LogP contribution in [0.1, 0.15) is 17.4 Å². The number of aliphatic hydroxyl groups is 1. The van der Waals surface area contributed by atoms with E-state index in [-0.39, 0.29) is 5.02 Å². The summed E-state index contributed by atoms with van der Waals surface area (Å²) in [7, 11) is 0. The molecule has 1 aromatic heterocycles. The van der Waals surface area contributed by atoms with Crippen LogP contribution in [-0.4, -0.2) is 5.11 Å². The second kappa shape index (κ2) is 4.57. The fraction of sp³-hybridized carbons (Fsp3) is 0.0909. The smallest absolute Gasteiger partial charge is 0.150 e. The van der Waals surface area contributed by atoms with Crippen LogP contribution in [0.25, 0.3) is 0 Å². The molecule has 1 unspecified atom stereocenters. The van der Waals surface area contributed by atoms with Crippen molar-refractivity contribution in [1.29, 1.82) is 0 Å². The maximum Gasteiger partial charge on any atom is 0.150 e. The van der Waals surface area contributed by atoms with E-state index in [4.69, 9.17) is 16.0 Å². The highest BCUT2D eigenvalue weighted by molar-refractivity contribution is 9.10. The zero-order chi connectivity index (χ0) is 11.7. The Morgan fingerprint density at radius 3 is 2.69 bits per heavy atom. The Kier molecular flexibility index (Phi) is 3.33. The number of hydrogen-bond acceptors (Lipinski definition) is 2. The summed E-state index contributed by atoms with van der Waals surface area (Å²) in [6.45, 7) is 0. The number of rotatable bonds is 2. The third-order valence-electron chi connectivity index (χ3n) is 2.15. The molecule has 0 amide bonds. The molecule has 0 aliphatic heterocycles. The average molecular weight is 306 g/mol. The van der Waals surface area contributed by atoms with Gasteiger partial charge in [-0.25, -0.2) is 4.39 Å². The summed E-state index contributed by atoms with van der Waals surface area (Å²) >= 11 is 8.78. The van der Waals surface area contributed by atoms with Crippen molar-refractivity contribution in [3.8, 4) is 0 Å². The summed E-state index contributed by atoms with van der Waals surface area (Å²) in [6.07, 6.45) is 0.422. The molecule has 1 aromatic carbocycles. The first kappa shape index (κ1) is 11.6. The van der Waals surface area contributed by atoms with E-state index in [2.05, 4.69) is 15.9 Å². The van der Waals surface area contributed by atoms with Crippen molar-refractivity contribution in [2.75, 3.05) is 0 Å². The van der Waals surface area contributed by atoms with Gasteiger partial charge in [0.05, 0.1) is 15.8 Å². The molecule has 0 aliphatic rings. The maximum atomic E-state index is 13.2. The normalized spacial score (nSPS) is 12.8. The van der Waals surface area contributed by atoms with E-state index < -0.39 is 11.9 Å². The summed E-state index contributed by atoms with van der Waals surface area (Å²) in [5.74, 6) is -0.234. The highest BCUT2D eigenvalue weighted by Gasteiger charge is 2.18. The van der Waals surface area contributed by atoms with E-state index in [1.54, 1.807) is 12.1 Å². The first-order chi connectivity index (χ1) is 7.59. The second-order valence-corrected chi connectivity index (χ2v) is 4.47. The van der Waals surface area contributed by atoms with E-state index in [0.717, 1.165) is 0 Å². The standard InChI is InChI=1S/C11H7BrClFO2/c12-7-3-4-16-11(7)10(15)6-1-2-8(13)9(14)5-6/h1-5,10,15H. The predicted molar refractivity (Wildman–Crippen MR) is 61.9 cm³/mol. The lowest BCUT2D eigenvalue weighted by molar-refractivity contribution is 0.188. The minimum atomic E-state index is -1.02. The lowest BCUT2D eigenvalue weighted by Gasteiger charge is -2.09. The van der Waals surface area contributed by atoms with Gasteiger partial charge >= 0.3 is 0 Å². The largest absolute Gasteiger partial charge is 0.465 e. The van der Waals surface area contributed by atoms with Crippen LogP contribution >= 0.6 is 27.5 Å².